The van der Waals surface area contributed by atoms with E-state index >= 15 is 0 Å². The van der Waals surface area contributed by atoms with Crippen LogP contribution >= 0.6 is 11.3 Å². The van der Waals surface area contributed by atoms with Crippen LogP contribution < -0.4 is 15.8 Å². The van der Waals surface area contributed by atoms with E-state index in [1.54, 1.807) is 12.1 Å². The number of hydrogen-bond donors (Lipinski definition) is 2. The van der Waals surface area contributed by atoms with Gasteiger partial charge in [-0.3, -0.25) is 10.1 Å². The Morgan fingerprint density at radius 3 is 2.67 bits per heavy atom. The van der Waals surface area contributed by atoms with Gasteiger partial charge in [0.25, 0.3) is 0 Å². The molecule has 112 valence electrons. The summed E-state index contributed by atoms with van der Waals surface area (Å²) in [6.45, 7) is -2.55. The number of para-hydroxylation sites is 1. The first kappa shape index (κ1) is 15.4. The number of halogens is 2. The van der Waals surface area contributed by atoms with Crippen molar-refractivity contribution in [2.45, 2.75) is 19.2 Å². The molecule has 1 aromatic carbocycles. The molecule has 21 heavy (non-hydrogen) atoms. The number of thiophene rings is 1. The van der Waals surface area contributed by atoms with E-state index in [0.29, 0.717) is 12.1 Å². The topological polar surface area (TPSA) is 64.4 Å². The second-order valence-corrected chi connectivity index (χ2v) is 5.24. The van der Waals surface area contributed by atoms with E-state index in [-0.39, 0.29) is 5.75 Å². The van der Waals surface area contributed by atoms with E-state index in [2.05, 4.69) is 10.1 Å². The van der Waals surface area contributed by atoms with Gasteiger partial charge in [-0.25, -0.2) is 0 Å². The molecule has 2 rings (SSSR count). The van der Waals surface area contributed by atoms with Crippen LogP contribution in [0.2, 0.25) is 0 Å². The van der Waals surface area contributed by atoms with Gasteiger partial charge in [0.15, 0.2) is 0 Å². The van der Waals surface area contributed by atoms with Crippen LogP contribution in [-0.4, -0.2) is 12.5 Å². The first-order valence-corrected chi connectivity index (χ1v) is 7.04. The fraction of sp³-hybridized carbons (Fsp3) is 0.214. The number of primary amides is 1. The normalized spacial score (nSPS) is 12.3. The zero-order chi connectivity index (χ0) is 15.2. The molecule has 0 aliphatic heterocycles. The smallest absolute Gasteiger partial charge is 0.387 e. The zero-order valence-electron chi connectivity index (χ0n) is 11.0. The highest BCUT2D eigenvalue weighted by atomic mass is 32.1. The molecule has 1 heterocycles. The summed E-state index contributed by atoms with van der Waals surface area (Å²) in [5.74, 6) is -0.716. The van der Waals surface area contributed by atoms with E-state index in [9.17, 15) is 13.6 Å². The number of alkyl halides is 2. The van der Waals surface area contributed by atoms with Crippen molar-refractivity contribution in [2.24, 2.45) is 5.73 Å². The Labute approximate surface area is 124 Å². The van der Waals surface area contributed by atoms with E-state index in [4.69, 9.17) is 5.73 Å². The number of amides is 1. The van der Waals surface area contributed by atoms with Crippen LogP contribution in [-0.2, 0) is 11.3 Å². The van der Waals surface area contributed by atoms with Crippen LogP contribution in [0.15, 0.2) is 41.8 Å². The summed E-state index contributed by atoms with van der Waals surface area (Å²) in [5.41, 5.74) is 5.66. The molecule has 0 bridgehead atoms. The summed E-state index contributed by atoms with van der Waals surface area (Å²) in [6.07, 6.45) is 0. The predicted molar refractivity (Wildman–Crippen MR) is 76.2 cm³/mol. The molecule has 7 heteroatoms. The minimum Gasteiger partial charge on any atom is -0.434 e. The summed E-state index contributed by atoms with van der Waals surface area (Å²) >= 11 is 1.52. The SMILES string of the molecule is NC(=O)C(NCc1cccs1)c1ccccc1OC(F)F. The van der Waals surface area contributed by atoms with Crippen LogP contribution in [0.1, 0.15) is 16.5 Å². The van der Waals surface area contributed by atoms with E-state index in [0.717, 1.165) is 4.88 Å². The van der Waals surface area contributed by atoms with Crippen molar-refractivity contribution >= 4 is 17.2 Å². The fourth-order valence-electron chi connectivity index (χ4n) is 1.90. The highest BCUT2D eigenvalue weighted by Crippen LogP contribution is 2.27. The number of nitrogens with one attached hydrogen (secondary N) is 1. The first-order chi connectivity index (χ1) is 10.1. The number of carbonyl (C=O) groups is 1. The van der Waals surface area contributed by atoms with Crippen LogP contribution in [0.5, 0.6) is 5.75 Å². The van der Waals surface area contributed by atoms with Gasteiger partial charge in [0, 0.05) is 17.0 Å². The lowest BCUT2D eigenvalue weighted by molar-refractivity contribution is -0.120. The summed E-state index contributed by atoms with van der Waals surface area (Å²) in [4.78, 5) is 12.6. The largest absolute Gasteiger partial charge is 0.434 e. The molecule has 0 saturated heterocycles. The lowest BCUT2D eigenvalue weighted by Gasteiger charge is -2.18. The van der Waals surface area contributed by atoms with Crippen molar-refractivity contribution in [3.8, 4) is 5.75 Å². The maximum Gasteiger partial charge on any atom is 0.387 e. The molecule has 0 aliphatic carbocycles. The molecule has 1 unspecified atom stereocenters. The minimum absolute atomic E-state index is 0.0602. The highest BCUT2D eigenvalue weighted by molar-refractivity contribution is 7.09. The molecule has 0 fully saturated rings. The molecule has 1 atom stereocenters. The minimum atomic E-state index is -2.96. The van der Waals surface area contributed by atoms with Crippen molar-refractivity contribution in [2.75, 3.05) is 0 Å². The van der Waals surface area contributed by atoms with E-state index < -0.39 is 18.6 Å². The van der Waals surface area contributed by atoms with Crippen LogP contribution in [0.25, 0.3) is 0 Å². The van der Waals surface area contributed by atoms with Gasteiger partial charge in [0.05, 0.1) is 0 Å². The van der Waals surface area contributed by atoms with Gasteiger partial charge in [0.2, 0.25) is 5.91 Å². The van der Waals surface area contributed by atoms with Gasteiger partial charge in [-0.1, -0.05) is 24.3 Å². The molecule has 0 aliphatic rings. The Morgan fingerprint density at radius 2 is 2.05 bits per heavy atom. The molecule has 3 N–H and O–H groups in total. The average Bonchev–Trinajstić information content (AvgIpc) is 2.93. The molecule has 0 spiro atoms. The maximum atomic E-state index is 12.4. The Hall–Kier alpha value is -1.99. The van der Waals surface area contributed by atoms with Crippen LogP contribution in [0.3, 0.4) is 0 Å². The van der Waals surface area contributed by atoms with Crippen molar-refractivity contribution in [1.29, 1.82) is 0 Å². The van der Waals surface area contributed by atoms with Crippen molar-refractivity contribution in [3.63, 3.8) is 0 Å². The third-order valence-corrected chi connectivity index (χ3v) is 3.67. The fourth-order valence-corrected chi connectivity index (χ4v) is 2.56. The molecule has 0 radical (unpaired) electrons. The molecule has 1 aromatic heterocycles. The maximum absolute atomic E-state index is 12.4. The number of hydrogen-bond acceptors (Lipinski definition) is 4. The molecular formula is C14H14F2N2O2S. The third-order valence-electron chi connectivity index (χ3n) is 2.79. The number of benzene rings is 1. The third kappa shape index (κ3) is 4.24. The van der Waals surface area contributed by atoms with Gasteiger partial charge in [-0.15, -0.1) is 11.3 Å². The number of nitrogens with two attached hydrogens (primary N) is 1. The highest BCUT2D eigenvalue weighted by Gasteiger charge is 2.22. The van der Waals surface area contributed by atoms with Crippen molar-refractivity contribution in [3.05, 3.63) is 52.2 Å². The predicted octanol–water partition coefficient (Wildman–Crippen LogP) is 2.67. The van der Waals surface area contributed by atoms with Crippen LogP contribution in [0, 0.1) is 0 Å². The molecule has 4 nitrogen and oxygen atoms in total. The lowest BCUT2D eigenvalue weighted by Crippen LogP contribution is -2.33. The van der Waals surface area contributed by atoms with E-state index in [1.807, 2.05) is 17.5 Å². The number of rotatable bonds is 7. The quantitative estimate of drug-likeness (QED) is 0.826. The van der Waals surface area contributed by atoms with Gasteiger partial charge in [0.1, 0.15) is 11.8 Å². The summed E-state index contributed by atoms with van der Waals surface area (Å²) in [6, 6.07) is 8.99. The lowest BCUT2D eigenvalue weighted by atomic mass is 10.1. The van der Waals surface area contributed by atoms with Crippen molar-refractivity contribution < 1.29 is 18.3 Å². The Bertz CT molecular complexity index is 590. The van der Waals surface area contributed by atoms with Gasteiger partial charge >= 0.3 is 6.61 Å². The van der Waals surface area contributed by atoms with Gasteiger partial charge < -0.3 is 10.5 Å². The summed E-state index contributed by atoms with van der Waals surface area (Å²) < 4.78 is 29.3. The summed E-state index contributed by atoms with van der Waals surface area (Å²) in [5, 5.41) is 4.87. The first-order valence-electron chi connectivity index (χ1n) is 6.16. The average molecular weight is 312 g/mol. The van der Waals surface area contributed by atoms with Gasteiger partial charge in [-0.05, 0) is 17.5 Å². The molecular weight excluding hydrogens is 298 g/mol. The Kier molecular flexibility index (Phi) is 5.24. The van der Waals surface area contributed by atoms with Gasteiger partial charge in [-0.2, -0.15) is 8.78 Å². The molecule has 2 aromatic rings. The second-order valence-electron chi connectivity index (χ2n) is 4.21. The number of carbonyl (C=O) groups excluding carboxylic acids is 1. The summed E-state index contributed by atoms with van der Waals surface area (Å²) in [7, 11) is 0. The second kappa shape index (κ2) is 7.14. The Balaban J connectivity index is 2.19. The molecule has 1 amide bonds. The Morgan fingerprint density at radius 1 is 1.29 bits per heavy atom. The molecule has 0 saturated carbocycles. The van der Waals surface area contributed by atoms with E-state index in [1.165, 1.54) is 23.5 Å². The zero-order valence-corrected chi connectivity index (χ0v) is 11.8. The van der Waals surface area contributed by atoms with Crippen LogP contribution in [0.4, 0.5) is 8.78 Å². The van der Waals surface area contributed by atoms with Crippen molar-refractivity contribution in [1.82, 2.24) is 5.32 Å². The monoisotopic (exact) mass is 312 g/mol. The number of ether oxygens (including phenoxy) is 1. The standard InChI is InChI=1S/C14H14F2N2O2S/c15-14(16)20-11-6-2-1-5-10(11)12(13(17)19)18-8-9-4-3-7-21-9/h1-7,12,14,18H,8H2,(H2,17,19).